The van der Waals surface area contributed by atoms with Crippen molar-refractivity contribution in [2.45, 2.75) is 50.6 Å². The van der Waals surface area contributed by atoms with Gasteiger partial charge in [0.1, 0.15) is 0 Å². The van der Waals surface area contributed by atoms with Crippen molar-refractivity contribution >= 4 is 23.3 Å². The fraction of sp³-hybridized carbons (Fsp3) is 0.571. The highest BCUT2D eigenvalue weighted by molar-refractivity contribution is 7.10. The quantitative estimate of drug-likeness (QED) is 0.778. The molecule has 0 unspecified atom stereocenters. The summed E-state index contributed by atoms with van der Waals surface area (Å²) in [5, 5.41) is 7.62. The van der Waals surface area contributed by atoms with Gasteiger partial charge >= 0.3 is 6.03 Å². The van der Waals surface area contributed by atoms with E-state index in [0.29, 0.717) is 0 Å². The highest BCUT2D eigenvalue weighted by Gasteiger charge is 2.21. The monoisotopic (exact) mass is 295 g/mol. The zero-order chi connectivity index (χ0) is 14.4. The molecule has 0 spiro atoms. The summed E-state index contributed by atoms with van der Waals surface area (Å²) >= 11 is 1.51. The van der Waals surface area contributed by atoms with Gasteiger partial charge in [0, 0.05) is 10.9 Å². The summed E-state index contributed by atoms with van der Waals surface area (Å²) in [5.74, 6) is -0.0240. The third-order valence-corrected chi connectivity index (χ3v) is 4.55. The van der Waals surface area contributed by atoms with Crippen molar-refractivity contribution in [3.8, 4) is 0 Å². The van der Waals surface area contributed by atoms with Crippen LogP contribution in [0.15, 0.2) is 17.5 Å². The number of carbonyl (C=O) groups excluding carboxylic acids is 2. The van der Waals surface area contributed by atoms with E-state index in [9.17, 15) is 9.59 Å². The third kappa shape index (κ3) is 4.52. The summed E-state index contributed by atoms with van der Waals surface area (Å²) in [4.78, 5) is 24.1. The molecule has 0 saturated heterocycles. The molecule has 0 radical (unpaired) electrons. The Kier molecular flexibility index (Phi) is 5.40. The van der Waals surface area contributed by atoms with E-state index in [0.717, 1.165) is 17.7 Å². The Balaban J connectivity index is 1.89. The lowest BCUT2D eigenvalue weighted by Gasteiger charge is -2.24. The largest absolute Gasteiger partial charge is 0.353 e. The van der Waals surface area contributed by atoms with E-state index in [-0.39, 0.29) is 24.4 Å². The zero-order valence-corrected chi connectivity index (χ0v) is 12.2. The summed E-state index contributed by atoms with van der Waals surface area (Å²) < 4.78 is 0. The van der Waals surface area contributed by atoms with Crippen molar-refractivity contribution in [3.05, 3.63) is 22.4 Å². The number of hydrogen-bond donors (Lipinski definition) is 3. The van der Waals surface area contributed by atoms with Crippen LogP contribution >= 0.6 is 11.3 Å². The van der Waals surface area contributed by atoms with E-state index in [1.165, 1.54) is 30.6 Å². The van der Waals surface area contributed by atoms with E-state index in [1.807, 2.05) is 17.5 Å². The van der Waals surface area contributed by atoms with Crippen molar-refractivity contribution in [2.24, 2.45) is 5.73 Å². The minimum atomic E-state index is -0.603. The van der Waals surface area contributed by atoms with Gasteiger partial charge < -0.3 is 16.4 Å². The lowest BCUT2D eigenvalue weighted by molar-refractivity contribution is -0.122. The molecule has 1 aliphatic carbocycles. The van der Waals surface area contributed by atoms with E-state index in [1.54, 1.807) is 0 Å². The molecule has 6 heteroatoms. The van der Waals surface area contributed by atoms with Gasteiger partial charge in [-0.05, 0) is 24.3 Å². The molecule has 5 nitrogen and oxygen atoms in total. The first kappa shape index (κ1) is 14.8. The van der Waals surface area contributed by atoms with Crippen LogP contribution in [0.3, 0.4) is 0 Å². The van der Waals surface area contributed by atoms with Crippen molar-refractivity contribution in [3.63, 3.8) is 0 Å². The number of urea groups is 1. The van der Waals surface area contributed by atoms with E-state index in [2.05, 4.69) is 10.6 Å². The van der Waals surface area contributed by atoms with Gasteiger partial charge in [0.25, 0.3) is 0 Å². The number of thiophene rings is 1. The first-order valence-electron chi connectivity index (χ1n) is 7.04. The Hall–Kier alpha value is -1.56. The molecule has 1 atom stereocenters. The molecule has 110 valence electrons. The number of carbonyl (C=O) groups is 2. The number of primary amides is 1. The summed E-state index contributed by atoms with van der Waals surface area (Å²) in [6, 6.07) is 3.15. The molecule has 0 aliphatic heterocycles. The summed E-state index contributed by atoms with van der Waals surface area (Å²) in [7, 11) is 0. The lowest BCUT2D eigenvalue weighted by Crippen LogP contribution is -2.40. The molecule has 0 bridgehead atoms. The maximum Gasteiger partial charge on any atom is 0.312 e. The predicted molar refractivity (Wildman–Crippen MR) is 79.4 cm³/mol. The molecule has 1 heterocycles. The van der Waals surface area contributed by atoms with Crippen molar-refractivity contribution in [1.29, 1.82) is 0 Å². The van der Waals surface area contributed by atoms with E-state index >= 15 is 0 Å². The Morgan fingerprint density at radius 1 is 1.35 bits per heavy atom. The molecular weight excluding hydrogens is 274 g/mol. The van der Waals surface area contributed by atoms with Gasteiger partial charge in [-0.15, -0.1) is 11.3 Å². The topological polar surface area (TPSA) is 84.2 Å². The van der Waals surface area contributed by atoms with Crippen molar-refractivity contribution < 1.29 is 9.59 Å². The molecule has 1 aromatic rings. The van der Waals surface area contributed by atoms with Gasteiger partial charge in [-0.1, -0.05) is 25.3 Å². The maximum absolute atomic E-state index is 12.1. The van der Waals surface area contributed by atoms with Crippen LogP contribution in [0.25, 0.3) is 0 Å². The van der Waals surface area contributed by atoms with Gasteiger partial charge in [0.2, 0.25) is 5.91 Å². The van der Waals surface area contributed by atoms with Gasteiger partial charge in [0.15, 0.2) is 0 Å². The van der Waals surface area contributed by atoms with Gasteiger partial charge in [-0.3, -0.25) is 4.79 Å². The Morgan fingerprint density at radius 2 is 2.10 bits per heavy atom. The molecule has 20 heavy (non-hydrogen) atoms. The normalized spacial score (nSPS) is 17.4. The fourth-order valence-corrected chi connectivity index (χ4v) is 3.38. The maximum atomic E-state index is 12.1. The van der Waals surface area contributed by atoms with Crippen LogP contribution in [0.4, 0.5) is 4.79 Å². The zero-order valence-electron chi connectivity index (χ0n) is 11.4. The number of amides is 3. The van der Waals surface area contributed by atoms with Gasteiger partial charge in [0.05, 0.1) is 12.5 Å². The number of nitrogens with one attached hydrogen (secondary N) is 2. The molecule has 1 aliphatic rings. The van der Waals surface area contributed by atoms with Crippen molar-refractivity contribution in [2.75, 3.05) is 0 Å². The highest BCUT2D eigenvalue weighted by atomic mass is 32.1. The predicted octanol–water partition coefficient (Wildman–Crippen LogP) is 2.30. The van der Waals surface area contributed by atoms with Crippen LogP contribution < -0.4 is 16.4 Å². The third-order valence-electron chi connectivity index (χ3n) is 3.56. The molecule has 0 aromatic carbocycles. The first-order valence-corrected chi connectivity index (χ1v) is 7.92. The minimum Gasteiger partial charge on any atom is -0.353 e. The second-order valence-corrected chi connectivity index (χ2v) is 6.16. The Labute approximate surface area is 122 Å². The average Bonchev–Trinajstić information content (AvgIpc) is 2.92. The number of hydrogen-bond acceptors (Lipinski definition) is 3. The van der Waals surface area contributed by atoms with Crippen LogP contribution in [0, 0.1) is 0 Å². The molecule has 4 N–H and O–H groups in total. The van der Waals surface area contributed by atoms with Crippen LogP contribution in [-0.2, 0) is 4.79 Å². The Morgan fingerprint density at radius 3 is 2.70 bits per heavy atom. The SMILES string of the molecule is NC(=O)N[C@H](CC(=O)NC1CCCCC1)c1cccs1. The molecule has 1 saturated carbocycles. The van der Waals surface area contributed by atoms with Crippen LogP contribution in [0.5, 0.6) is 0 Å². The molecule has 2 rings (SSSR count). The fourth-order valence-electron chi connectivity index (χ4n) is 2.60. The van der Waals surface area contributed by atoms with Crippen LogP contribution in [0.2, 0.25) is 0 Å². The minimum absolute atomic E-state index is 0.0240. The second kappa shape index (κ2) is 7.28. The average molecular weight is 295 g/mol. The molecule has 1 aromatic heterocycles. The Bertz CT molecular complexity index is 441. The summed E-state index contributed by atoms with van der Waals surface area (Å²) in [6.07, 6.45) is 5.96. The number of nitrogens with two attached hydrogens (primary N) is 1. The van der Waals surface area contributed by atoms with E-state index in [4.69, 9.17) is 5.73 Å². The summed E-state index contributed by atoms with van der Waals surface area (Å²) in [6.45, 7) is 0. The van der Waals surface area contributed by atoms with Gasteiger partial charge in [-0.25, -0.2) is 4.79 Å². The van der Waals surface area contributed by atoms with Crippen molar-refractivity contribution in [1.82, 2.24) is 10.6 Å². The standard InChI is InChI=1S/C14H21N3O2S/c15-14(19)17-11(12-7-4-8-20-12)9-13(18)16-10-5-2-1-3-6-10/h4,7-8,10-11H,1-3,5-6,9H2,(H,16,18)(H3,15,17,19)/t11-/m1/s1. The lowest BCUT2D eigenvalue weighted by atomic mass is 9.95. The van der Waals surface area contributed by atoms with Gasteiger partial charge in [-0.2, -0.15) is 0 Å². The smallest absolute Gasteiger partial charge is 0.312 e. The molecular formula is C14H21N3O2S. The number of rotatable bonds is 5. The molecule has 1 fully saturated rings. The van der Waals surface area contributed by atoms with Crippen LogP contribution in [-0.4, -0.2) is 18.0 Å². The highest BCUT2D eigenvalue weighted by Crippen LogP contribution is 2.23. The first-order chi connectivity index (χ1) is 9.65. The second-order valence-electron chi connectivity index (χ2n) is 5.18. The molecule has 3 amide bonds. The summed E-state index contributed by atoms with van der Waals surface area (Å²) in [5.41, 5.74) is 5.18. The van der Waals surface area contributed by atoms with E-state index < -0.39 is 6.03 Å². The van der Waals surface area contributed by atoms with Crippen LogP contribution in [0.1, 0.15) is 49.4 Å².